The molecule has 0 radical (unpaired) electrons. The van der Waals surface area contributed by atoms with E-state index in [1.165, 1.54) is 19.3 Å². The Morgan fingerprint density at radius 1 is 1.58 bits per heavy atom. The van der Waals surface area contributed by atoms with E-state index in [1.54, 1.807) is 0 Å². The third-order valence-corrected chi connectivity index (χ3v) is 2.30. The summed E-state index contributed by atoms with van der Waals surface area (Å²) in [5.74, 6) is 0. The van der Waals surface area contributed by atoms with Crippen LogP contribution in [0.1, 0.15) is 0 Å². The van der Waals surface area contributed by atoms with Crippen LogP contribution in [0.3, 0.4) is 0 Å². The van der Waals surface area contributed by atoms with Gasteiger partial charge in [0.1, 0.15) is 6.10 Å². The molecule has 0 fully saturated rings. The maximum atomic E-state index is 9.53. The minimum atomic E-state index is -1.66. The van der Waals surface area contributed by atoms with Crippen molar-refractivity contribution in [3.63, 3.8) is 0 Å². The van der Waals surface area contributed by atoms with Crippen LogP contribution in [0, 0.1) is 0 Å². The van der Waals surface area contributed by atoms with E-state index in [2.05, 4.69) is 0 Å². The quantitative estimate of drug-likeness (QED) is 0.699. The van der Waals surface area contributed by atoms with Gasteiger partial charge in [0.25, 0.3) is 0 Å². The summed E-state index contributed by atoms with van der Waals surface area (Å²) in [5.41, 5.74) is 0. The van der Waals surface area contributed by atoms with E-state index in [0.717, 1.165) is 0 Å². The fourth-order valence-electron chi connectivity index (χ4n) is 0.989. The molecule has 5 heteroatoms. The summed E-state index contributed by atoms with van der Waals surface area (Å²) < 4.78 is 4.88. The number of methoxy groups -OCH3 is 1. The number of rotatable bonds is 1. The summed E-state index contributed by atoms with van der Waals surface area (Å²) in [6.45, 7) is 0. The van der Waals surface area contributed by atoms with Crippen LogP contribution in [-0.2, 0) is 4.74 Å². The van der Waals surface area contributed by atoms with Crippen molar-refractivity contribution >= 4 is 34.8 Å². The predicted octanol–water partition coefficient (Wildman–Crippen LogP) is 2.19. The molecule has 0 spiro atoms. The van der Waals surface area contributed by atoms with Gasteiger partial charge in [0.05, 0.1) is 5.03 Å². The molecule has 0 aromatic heterocycles. The highest BCUT2D eigenvalue weighted by Crippen LogP contribution is 2.35. The molecule has 1 rings (SSSR count). The molecular weight excluding hydrogens is 222 g/mol. The molecular formula is C7H7Cl3O2. The second-order valence-electron chi connectivity index (χ2n) is 2.40. The Morgan fingerprint density at radius 3 is 2.58 bits per heavy atom. The van der Waals surface area contributed by atoms with Crippen LogP contribution in [0.25, 0.3) is 0 Å². The maximum Gasteiger partial charge on any atom is 0.190 e. The smallest absolute Gasteiger partial charge is 0.190 e. The van der Waals surface area contributed by atoms with Gasteiger partial charge in [-0.05, 0) is 12.2 Å². The molecule has 0 aromatic carbocycles. The first kappa shape index (κ1) is 10.4. The first-order valence-electron chi connectivity index (χ1n) is 3.17. The van der Waals surface area contributed by atoms with Gasteiger partial charge in [0, 0.05) is 12.1 Å². The number of allylic oxidation sites excluding steroid dienone is 2. The van der Waals surface area contributed by atoms with Gasteiger partial charge in [-0.15, -0.1) is 0 Å². The number of halogens is 3. The molecule has 0 bridgehead atoms. The fraction of sp³-hybridized carbons (Fsp3) is 0.429. The summed E-state index contributed by atoms with van der Waals surface area (Å²) in [4.78, 5) is 0. The Labute approximate surface area is 85.4 Å². The summed E-state index contributed by atoms with van der Waals surface area (Å²) in [6.07, 6.45) is 1.99. The van der Waals surface area contributed by atoms with Gasteiger partial charge in [-0.1, -0.05) is 34.8 Å². The molecule has 0 amide bonds. The van der Waals surface area contributed by atoms with E-state index >= 15 is 0 Å². The minimum absolute atomic E-state index is 0.280. The van der Waals surface area contributed by atoms with Crippen LogP contribution in [-0.4, -0.2) is 23.4 Å². The van der Waals surface area contributed by atoms with E-state index in [4.69, 9.17) is 39.5 Å². The molecule has 2 unspecified atom stereocenters. The lowest BCUT2D eigenvalue weighted by molar-refractivity contribution is 0.0126. The zero-order chi connectivity index (χ0) is 9.35. The molecule has 2 atom stereocenters. The van der Waals surface area contributed by atoms with Gasteiger partial charge in [0.2, 0.25) is 0 Å². The Morgan fingerprint density at radius 2 is 2.17 bits per heavy atom. The Balaban J connectivity index is 2.99. The molecule has 12 heavy (non-hydrogen) atoms. The van der Waals surface area contributed by atoms with Crippen molar-refractivity contribution in [3.8, 4) is 0 Å². The third kappa shape index (κ3) is 1.95. The number of ether oxygens (including phenoxy) is 1. The summed E-state index contributed by atoms with van der Waals surface area (Å²) in [5, 5.41) is 8.45. The fourth-order valence-corrected chi connectivity index (χ4v) is 2.14. The SMILES string of the molecule is COC1C(Cl)=CC(Cl)=CC1(O)Cl. The van der Waals surface area contributed by atoms with Gasteiger partial charge in [0.15, 0.2) is 5.06 Å². The monoisotopic (exact) mass is 228 g/mol. The second-order valence-corrected chi connectivity index (χ2v) is 3.88. The Bertz CT molecular complexity index is 245. The van der Waals surface area contributed by atoms with Gasteiger partial charge < -0.3 is 9.84 Å². The summed E-state index contributed by atoms with van der Waals surface area (Å²) in [6, 6.07) is 0. The summed E-state index contributed by atoms with van der Waals surface area (Å²) >= 11 is 17.0. The van der Waals surface area contributed by atoms with Crippen LogP contribution < -0.4 is 0 Å². The highest BCUT2D eigenvalue weighted by Gasteiger charge is 2.37. The molecule has 0 aromatic rings. The predicted molar refractivity (Wildman–Crippen MR) is 49.5 cm³/mol. The van der Waals surface area contributed by atoms with Crippen molar-refractivity contribution in [3.05, 3.63) is 22.2 Å². The van der Waals surface area contributed by atoms with Crippen molar-refractivity contribution in [2.75, 3.05) is 7.11 Å². The molecule has 0 saturated carbocycles. The zero-order valence-electron chi connectivity index (χ0n) is 6.22. The van der Waals surface area contributed by atoms with Crippen molar-refractivity contribution in [2.24, 2.45) is 0 Å². The molecule has 0 saturated heterocycles. The van der Waals surface area contributed by atoms with E-state index in [-0.39, 0.29) is 5.03 Å². The molecule has 1 aliphatic rings. The van der Waals surface area contributed by atoms with Crippen LogP contribution in [0.2, 0.25) is 0 Å². The van der Waals surface area contributed by atoms with Crippen LogP contribution in [0.5, 0.6) is 0 Å². The first-order chi connectivity index (χ1) is 5.47. The number of hydrogen-bond donors (Lipinski definition) is 1. The highest BCUT2D eigenvalue weighted by molar-refractivity contribution is 6.37. The molecule has 1 aliphatic carbocycles. The lowest BCUT2D eigenvalue weighted by atomic mass is 10.1. The lowest BCUT2D eigenvalue weighted by Gasteiger charge is -2.29. The largest absolute Gasteiger partial charge is 0.371 e. The van der Waals surface area contributed by atoms with Crippen LogP contribution in [0.15, 0.2) is 22.2 Å². The second kappa shape index (κ2) is 3.56. The van der Waals surface area contributed by atoms with Crippen molar-refractivity contribution < 1.29 is 9.84 Å². The molecule has 68 valence electrons. The number of hydrogen-bond acceptors (Lipinski definition) is 2. The average Bonchev–Trinajstić information content (AvgIpc) is 1.82. The number of alkyl halides is 1. The van der Waals surface area contributed by atoms with Crippen LogP contribution in [0.4, 0.5) is 0 Å². The standard InChI is InChI=1S/C7H7Cl3O2/c1-12-6-5(9)2-4(8)3-7(6,10)11/h2-3,6,11H,1H3. The molecule has 0 heterocycles. The van der Waals surface area contributed by atoms with Crippen molar-refractivity contribution in [1.29, 1.82) is 0 Å². The van der Waals surface area contributed by atoms with Crippen LogP contribution >= 0.6 is 34.8 Å². The molecule has 1 N–H and O–H groups in total. The molecule has 0 aliphatic heterocycles. The Kier molecular flexibility index (Phi) is 3.07. The van der Waals surface area contributed by atoms with Gasteiger partial charge in [-0.2, -0.15) is 0 Å². The van der Waals surface area contributed by atoms with Crippen molar-refractivity contribution in [1.82, 2.24) is 0 Å². The lowest BCUT2D eigenvalue weighted by Crippen LogP contribution is -2.38. The van der Waals surface area contributed by atoms with E-state index in [0.29, 0.717) is 5.03 Å². The summed E-state index contributed by atoms with van der Waals surface area (Å²) in [7, 11) is 1.40. The normalized spacial score (nSPS) is 35.9. The third-order valence-electron chi connectivity index (χ3n) is 1.47. The van der Waals surface area contributed by atoms with Gasteiger partial charge in [-0.25, -0.2) is 0 Å². The van der Waals surface area contributed by atoms with E-state index in [9.17, 15) is 5.11 Å². The van der Waals surface area contributed by atoms with Gasteiger partial charge >= 0.3 is 0 Å². The zero-order valence-corrected chi connectivity index (χ0v) is 8.49. The topological polar surface area (TPSA) is 29.5 Å². The van der Waals surface area contributed by atoms with E-state index < -0.39 is 11.2 Å². The first-order valence-corrected chi connectivity index (χ1v) is 4.30. The van der Waals surface area contributed by atoms with Gasteiger partial charge in [-0.3, -0.25) is 0 Å². The van der Waals surface area contributed by atoms with E-state index in [1.807, 2.05) is 0 Å². The van der Waals surface area contributed by atoms with Crippen molar-refractivity contribution in [2.45, 2.75) is 11.2 Å². The average molecular weight is 229 g/mol. The Hall–Kier alpha value is 0.270. The number of aliphatic hydroxyl groups is 1. The highest BCUT2D eigenvalue weighted by atomic mass is 35.5. The molecule has 2 nitrogen and oxygen atoms in total. The minimum Gasteiger partial charge on any atom is -0.371 e. The maximum absolute atomic E-state index is 9.53.